The minimum Gasteiger partial charge on any atom is -0.466 e. The fourth-order valence-electron chi connectivity index (χ4n) is 3.83. The molecule has 6 nitrogen and oxygen atoms in total. The smallest absolute Gasteiger partial charge is 0.334 e. The Kier molecular flexibility index (Phi) is 6.03. The van der Waals surface area contributed by atoms with Crippen molar-refractivity contribution in [3.8, 4) is 0 Å². The first-order valence-corrected chi connectivity index (χ1v) is 8.62. The Hall–Kier alpha value is -2.11. The maximum Gasteiger partial charge on any atom is 0.334 e. The summed E-state index contributed by atoms with van der Waals surface area (Å²) in [6.07, 6.45) is 1.28. The highest BCUT2D eigenvalue weighted by molar-refractivity contribution is 5.91. The summed E-state index contributed by atoms with van der Waals surface area (Å²) in [7, 11) is 0. The van der Waals surface area contributed by atoms with Crippen LogP contribution in [0.5, 0.6) is 0 Å². The normalized spacial score (nSPS) is 26.8. The molecule has 1 aliphatic carbocycles. The average molecular weight is 350 g/mol. The van der Waals surface area contributed by atoms with E-state index < -0.39 is 18.0 Å². The molecule has 0 aromatic carbocycles. The Morgan fingerprint density at radius 1 is 1.32 bits per heavy atom. The van der Waals surface area contributed by atoms with Gasteiger partial charge in [-0.3, -0.25) is 9.59 Å². The maximum atomic E-state index is 11.9. The van der Waals surface area contributed by atoms with Crippen LogP contribution in [0, 0.1) is 11.8 Å². The van der Waals surface area contributed by atoms with E-state index in [0.717, 1.165) is 24.0 Å². The van der Waals surface area contributed by atoms with Crippen LogP contribution in [0.15, 0.2) is 23.3 Å². The lowest BCUT2D eigenvalue weighted by molar-refractivity contribution is -0.149. The molecule has 0 radical (unpaired) electrons. The van der Waals surface area contributed by atoms with E-state index >= 15 is 0 Å². The van der Waals surface area contributed by atoms with Crippen LogP contribution in [0.1, 0.15) is 47.0 Å². The number of esters is 3. The lowest BCUT2D eigenvalue weighted by atomic mass is 9.73. The van der Waals surface area contributed by atoms with E-state index in [-0.39, 0.29) is 23.9 Å². The summed E-state index contributed by atoms with van der Waals surface area (Å²) in [5, 5.41) is 0. The molecule has 0 unspecified atom stereocenters. The van der Waals surface area contributed by atoms with Crippen molar-refractivity contribution in [1.29, 1.82) is 0 Å². The zero-order chi connectivity index (χ0) is 18.7. The minimum atomic E-state index is -0.529. The molecule has 0 bridgehead atoms. The molecule has 0 aromatic heterocycles. The molecule has 0 saturated carbocycles. The van der Waals surface area contributed by atoms with E-state index in [9.17, 15) is 14.4 Å². The van der Waals surface area contributed by atoms with Crippen LogP contribution in [0.25, 0.3) is 0 Å². The third kappa shape index (κ3) is 4.30. The largest absolute Gasteiger partial charge is 0.466 e. The van der Waals surface area contributed by atoms with Gasteiger partial charge in [-0.25, -0.2) is 4.79 Å². The van der Waals surface area contributed by atoms with Gasteiger partial charge in [-0.15, -0.1) is 0 Å². The average Bonchev–Trinajstić information content (AvgIpc) is 2.77. The molecule has 0 aromatic rings. The van der Waals surface area contributed by atoms with Gasteiger partial charge in [0.15, 0.2) is 0 Å². The van der Waals surface area contributed by atoms with Crippen molar-refractivity contribution in [2.24, 2.45) is 11.8 Å². The van der Waals surface area contributed by atoms with Crippen molar-refractivity contribution in [2.75, 3.05) is 6.61 Å². The van der Waals surface area contributed by atoms with Crippen molar-refractivity contribution in [3.63, 3.8) is 0 Å². The summed E-state index contributed by atoms with van der Waals surface area (Å²) in [6.45, 7) is 11.0. The molecule has 6 heteroatoms. The lowest BCUT2D eigenvalue weighted by Gasteiger charge is -2.37. The van der Waals surface area contributed by atoms with Crippen LogP contribution >= 0.6 is 0 Å². The highest BCUT2D eigenvalue weighted by Crippen LogP contribution is 2.45. The second-order valence-electron chi connectivity index (χ2n) is 6.85. The van der Waals surface area contributed by atoms with Crippen molar-refractivity contribution in [2.45, 2.75) is 59.2 Å². The first kappa shape index (κ1) is 19.2. The molecule has 0 spiro atoms. The van der Waals surface area contributed by atoms with Gasteiger partial charge < -0.3 is 14.2 Å². The summed E-state index contributed by atoms with van der Waals surface area (Å²) in [5.74, 6) is -1.30. The standard InChI is InChI=1S/C19H26O6/c1-10(7-6-8-23-13(4)20)16-11(2)9-15-17(12(3)19(22)25-15)18(16)24-14(5)21/h10,15,17-18H,3,6-9H2,1-2,4-5H3/t10-,15+,17+,18-/m0/s1. The van der Waals surface area contributed by atoms with Crippen LogP contribution in [-0.4, -0.2) is 36.7 Å². The Bertz CT molecular complexity index is 617. The van der Waals surface area contributed by atoms with Crippen molar-refractivity contribution >= 4 is 17.9 Å². The van der Waals surface area contributed by atoms with Crippen molar-refractivity contribution in [3.05, 3.63) is 23.3 Å². The molecule has 2 aliphatic rings. The Morgan fingerprint density at radius 3 is 2.60 bits per heavy atom. The third-order valence-corrected chi connectivity index (χ3v) is 4.87. The van der Waals surface area contributed by atoms with E-state index in [2.05, 4.69) is 13.5 Å². The number of hydrogen-bond acceptors (Lipinski definition) is 6. The number of fused-ring (bicyclic) bond motifs is 1. The van der Waals surface area contributed by atoms with Gasteiger partial charge in [0.2, 0.25) is 0 Å². The molecule has 1 aliphatic heterocycles. The fourth-order valence-corrected chi connectivity index (χ4v) is 3.83. The van der Waals surface area contributed by atoms with E-state index in [4.69, 9.17) is 14.2 Å². The second-order valence-corrected chi connectivity index (χ2v) is 6.85. The molecular formula is C19H26O6. The Balaban J connectivity index is 2.19. The summed E-state index contributed by atoms with van der Waals surface area (Å²) in [6, 6.07) is 0. The van der Waals surface area contributed by atoms with Gasteiger partial charge in [-0.2, -0.15) is 0 Å². The highest BCUT2D eigenvalue weighted by Gasteiger charge is 2.49. The zero-order valence-electron chi connectivity index (χ0n) is 15.3. The molecule has 1 saturated heterocycles. The van der Waals surface area contributed by atoms with Gasteiger partial charge in [0, 0.05) is 25.8 Å². The molecule has 2 rings (SSSR count). The van der Waals surface area contributed by atoms with Crippen LogP contribution in [0.4, 0.5) is 0 Å². The number of ether oxygens (including phenoxy) is 3. The molecule has 25 heavy (non-hydrogen) atoms. The molecule has 0 N–H and O–H groups in total. The van der Waals surface area contributed by atoms with Crippen LogP contribution < -0.4 is 0 Å². The molecule has 0 amide bonds. The van der Waals surface area contributed by atoms with Gasteiger partial charge in [0.1, 0.15) is 12.2 Å². The number of rotatable bonds is 6. The van der Waals surface area contributed by atoms with Crippen molar-refractivity contribution < 1.29 is 28.6 Å². The zero-order valence-corrected chi connectivity index (χ0v) is 15.3. The van der Waals surface area contributed by atoms with Crippen LogP contribution in [-0.2, 0) is 28.6 Å². The molecule has 1 fully saturated rings. The number of carbonyl (C=O) groups excluding carboxylic acids is 3. The predicted octanol–water partition coefficient (Wildman–Crippen LogP) is 2.72. The molecule has 4 atom stereocenters. The summed E-state index contributed by atoms with van der Waals surface area (Å²) in [4.78, 5) is 34.4. The van der Waals surface area contributed by atoms with Crippen LogP contribution in [0.2, 0.25) is 0 Å². The van der Waals surface area contributed by atoms with E-state index in [1.807, 2.05) is 6.92 Å². The molecular weight excluding hydrogens is 324 g/mol. The van der Waals surface area contributed by atoms with Crippen molar-refractivity contribution in [1.82, 2.24) is 0 Å². The van der Waals surface area contributed by atoms with Gasteiger partial charge >= 0.3 is 17.9 Å². The monoisotopic (exact) mass is 350 g/mol. The third-order valence-electron chi connectivity index (χ3n) is 4.87. The Morgan fingerprint density at radius 2 is 2.00 bits per heavy atom. The Labute approximate surface area is 148 Å². The lowest BCUT2D eigenvalue weighted by Crippen LogP contribution is -2.40. The number of carbonyl (C=O) groups is 3. The fraction of sp³-hybridized carbons (Fsp3) is 0.632. The molecule has 1 heterocycles. The first-order chi connectivity index (χ1) is 11.7. The maximum absolute atomic E-state index is 11.9. The number of hydrogen-bond donors (Lipinski definition) is 0. The molecule has 138 valence electrons. The highest BCUT2D eigenvalue weighted by atomic mass is 16.6. The summed E-state index contributed by atoms with van der Waals surface area (Å²) in [5.41, 5.74) is 2.47. The van der Waals surface area contributed by atoms with Gasteiger partial charge in [0.25, 0.3) is 0 Å². The topological polar surface area (TPSA) is 78.9 Å². The SMILES string of the molecule is C=C1C(=O)O[C@@H]2CC(C)=C([C@@H](C)CCCOC(C)=O)[C@H](OC(C)=O)[C@H]12. The van der Waals surface area contributed by atoms with Gasteiger partial charge in [0.05, 0.1) is 12.5 Å². The van der Waals surface area contributed by atoms with Gasteiger partial charge in [-0.05, 0) is 31.3 Å². The minimum absolute atomic E-state index is 0.129. The van der Waals surface area contributed by atoms with E-state index in [1.165, 1.54) is 13.8 Å². The first-order valence-electron chi connectivity index (χ1n) is 8.62. The quantitative estimate of drug-likeness (QED) is 0.241. The van der Waals surface area contributed by atoms with E-state index in [1.54, 1.807) is 0 Å². The van der Waals surface area contributed by atoms with E-state index in [0.29, 0.717) is 18.6 Å². The van der Waals surface area contributed by atoms with Crippen LogP contribution in [0.3, 0.4) is 0 Å². The summed E-state index contributed by atoms with van der Waals surface area (Å²) >= 11 is 0. The predicted molar refractivity (Wildman–Crippen MR) is 90.4 cm³/mol. The second kappa shape index (κ2) is 7.85. The summed E-state index contributed by atoms with van der Waals surface area (Å²) < 4.78 is 16.0. The van der Waals surface area contributed by atoms with Gasteiger partial charge in [-0.1, -0.05) is 19.1 Å².